The fraction of sp³-hybridized carbons (Fsp3) is 0.364. The minimum absolute atomic E-state index is 0.0476. The number of hydrogen-bond acceptors (Lipinski definition) is 2. The van der Waals surface area contributed by atoms with Gasteiger partial charge in [0.2, 0.25) is 5.91 Å². The van der Waals surface area contributed by atoms with Crippen LogP contribution in [-0.4, -0.2) is 22.6 Å². The molecule has 17 heavy (non-hydrogen) atoms. The minimum Gasteiger partial charge on any atom is -0.373 e. The fourth-order valence-corrected chi connectivity index (χ4v) is 2.14. The molecule has 6 heteroatoms. The van der Waals surface area contributed by atoms with E-state index in [1.807, 2.05) is 0 Å². The summed E-state index contributed by atoms with van der Waals surface area (Å²) in [7, 11) is 0. The predicted molar refractivity (Wildman–Crippen MR) is 69.7 cm³/mol. The van der Waals surface area contributed by atoms with Gasteiger partial charge in [-0.05, 0) is 23.8 Å². The van der Waals surface area contributed by atoms with Crippen LogP contribution in [-0.2, 0) is 11.2 Å². The van der Waals surface area contributed by atoms with Gasteiger partial charge >= 0.3 is 0 Å². The van der Waals surface area contributed by atoms with Crippen LogP contribution >= 0.6 is 34.8 Å². The Morgan fingerprint density at radius 3 is 2.35 bits per heavy atom. The zero-order valence-corrected chi connectivity index (χ0v) is 11.4. The van der Waals surface area contributed by atoms with Gasteiger partial charge in [0.1, 0.15) is 0 Å². The van der Waals surface area contributed by atoms with Crippen molar-refractivity contribution in [3.05, 3.63) is 33.8 Å². The molecule has 1 rings (SSSR count). The Hall–Kier alpha value is -0.480. The summed E-state index contributed by atoms with van der Waals surface area (Å²) in [6, 6.07) is 4.91. The zero-order valence-electron chi connectivity index (χ0n) is 9.14. The van der Waals surface area contributed by atoms with Gasteiger partial charge in [-0.2, -0.15) is 0 Å². The standard InChI is InChI=1S/C11H12Cl3NO2/c1-7(16)15-6-11(14,17)5-8-2-9(12)4-10(13)3-8/h2-4,17H,5-6H2,1H3,(H,15,16)/t11-/m0/s1. The molecular formula is C11H12Cl3NO2. The van der Waals surface area contributed by atoms with Gasteiger partial charge in [-0.3, -0.25) is 4.79 Å². The van der Waals surface area contributed by atoms with Crippen molar-refractivity contribution >= 4 is 40.7 Å². The molecule has 0 aliphatic carbocycles. The number of halogens is 3. The lowest BCUT2D eigenvalue weighted by molar-refractivity contribution is -0.119. The molecule has 0 fully saturated rings. The first-order valence-electron chi connectivity index (χ1n) is 4.89. The number of amides is 1. The number of carbonyl (C=O) groups excluding carboxylic acids is 1. The molecule has 1 aromatic rings. The summed E-state index contributed by atoms with van der Waals surface area (Å²) < 4.78 is 0. The largest absolute Gasteiger partial charge is 0.373 e. The molecule has 0 bridgehead atoms. The van der Waals surface area contributed by atoms with Gasteiger partial charge in [-0.25, -0.2) is 0 Å². The van der Waals surface area contributed by atoms with E-state index in [0.717, 1.165) is 0 Å². The van der Waals surface area contributed by atoms with Crippen LogP contribution in [0.4, 0.5) is 0 Å². The molecule has 0 heterocycles. The van der Waals surface area contributed by atoms with Crippen molar-refractivity contribution in [3.8, 4) is 0 Å². The van der Waals surface area contributed by atoms with Crippen molar-refractivity contribution < 1.29 is 9.90 Å². The highest BCUT2D eigenvalue weighted by atomic mass is 35.5. The van der Waals surface area contributed by atoms with Gasteiger partial charge in [-0.1, -0.05) is 34.8 Å². The summed E-state index contributed by atoms with van der Waals surface area (Å²) in [5.74, 6) is -0.256. The second kappa shape index (κ2) is 5.91. The number of benzene rings is 1. The Bertz CT molecular complexity index is 401. The average molecular weight is 297 g/mol. The predicted octanol–water partition coefficient (Wildman–Crippen LogP) is 2.60. The highest BCUT2D eigenvalue weighted by Gasteiger charge is 2.24. The molecule has 0 radical (unpaired) electrons. The molecule has 0 unspecified atom stereocenters. The van der Waals surface area contributed by atoms with E-state index in [1.165, 1.54) is 6.92 Å². The van der Waals surface area contributed by atoms with Crippen LogP contribution in [0.25, 0.3) is 0 Å². The van der Waals surface area contributed by atoms with E-state index in [9.17, 15) is 9.90 Å². The Morgan fingerprint density at radius 1 is 1.35 bits per heavy atom. The zero-order chi connectivity index (χ0) is 13.1. The summed E-state index contributed by atoms with van der Waals surface area (Å²) in [6.07, 6.45) is 0.134. The minimum atomic E-state index is -1.56. The Labute approximate surface area is 115 Å². The number of carbonyl (C=O) groups is 1. The maximum Gasteiger partial charge on any atom is 0.217 e. The Kier molecular flexibility index (Phi) is 5.07. The van der Waals surface area contributed by atoms with Crippen molar-refractivity contribution in [1.29, 1.82) is 0 Å². The van der Waals surface area contributed by atoms with E-state index >= 15 is 0 Å². The van der Waals surface area contributed by atoms with Crippen LogP contribution in [0.1, 0.15) is 12.5 Å². The van der Waals surface area contributed by atoms with Gasteiger partial charge in [0, 0.05) is 23.4 Å². The first-order valence-corrected chi connectivity index (χ1v) is 6.02. The maximum absolute atomic E-state index is 10.7. The van der Waals surface area contributed by atoms with Crippen molar-refractivity contribution in [2.75, 3.05) is 6.54 Å². The third-order valence-electron chi connectivity index (χ3n) is 2.01. The van der Waals surface area contributed by atoms with Crippen molar-refractivity contribution in [2.24, 2.45) is 0 Å². The second-order valence-corrected chi connectivity index (χ2v) is 5.36. The normalized spacial score (nSPS) is 14.2. The van der Waals surface area contributed by atoms with Crippen LogP contribution in [0.3, 0.4) is 0 Å². The van der Waals surface area contributed by atoms with Crippen LogP contribution < -0.4 is 5.32 Å². The van der Waals surface area contributed by atoms with E-state index in [2.05, 4.69) is 5.32 Å². The lowest BCUT2D eigenvalue weighted by Gasteiger charge is -2.21. The smallest absolute Gasteiger partial charge is 0.217 e. The molecule has 0 aliphatic rings. The van der Waals surface area contributed by atoms with Crippen LogP contribution in [0, 0.1) is 0 Å². The van der Waals surface area contributed by atoms with Crippen LogP contribution in [0.2, 0.25) is 10.0 Å². The fourth-order valence-electron chi connectivity index (χ4n) is 1.35. The molecule has 3 nitrogen and oxygen atoms in total. The maximum atomic E-state index is 10.7. The van der Waals surface area contributed by atoms with Crippen molar-refractivity contribution in [1.82, 2.24) is 5.32 Å². The van der Waals surface area contributed by atoms with Crippen LogP contribution in [0.5, 0.6) is 0 Å². The Morgan fingerprint density at radius 2 is 1.88 bits per heavy atom. The number of hydrogen-bond donors (Lipinski definition) is 2. The first kappa shape index (κ1) is 14.6. The van der Waals surface area contributed by atoms with Gasteiger partial charge in [-0.15, -0.1) is 0 Å². The quantitative estimate of drug-likeness (QED) is 0.839. The molecule has 0 saturated carbocycles. The molecular weight excluding hydrogens is 284 g/mol. The molecule has 1 atom stereocenters. The van der Waals surface area contributed by atoms with Gasteiger partial charge in [0.05, 0.1) is 6.54 Å². The highest BCUT2D eigenvalue weighted by molar-refractivity contribution is 6.34. The molecule has 0 saturated heterocycles. The third kappa shape index (κ3) is 5.59. The van der Waals surface area contributed by atoms with E-state index in [-0.39, 0.29) is 18.9 Å². The number of aliphatic hydroxyl groups is 1. The third-order valence-corrected chi connectivity index (χ3v) is 2.71. The SMILES string of the molecule is CC(=O)NC[C@](O)(Cl)Cc1cc(Cl)cc(Cl)c1. The summed E-state index contributed by atoms with van der Waals surface area (Å²) in [6.45, 7) is 1.30. The number of nitrogens with one attached hydrogen (secondary N) is 1. The lowest BCUT2D eigenvalue weighted by Crippen LogP contribution is -2.39. The molecule has 1 aromatic carbocycles. The average Bonchev–Trinajstić information content (AvgIpc) is 2.12. The highest BCUT2D eigenvalue weighted by Crippen LogP contribution is 2.24. The molecule has 1 amide bonds. The molecule has 94 valence electrons. The summed E-state index contributed by atoms with van der Waals surface area (Å²) in [4.78, 5) is 10.7. The van der Waals surface area contributed by atoms with E-state index in [0.29, 0.717) is 15.6 Å². The van der Waals surface area contributed by atoms with Gasteiger partial charge < -0.3 is 10.4 Å². The van der Waals surface area contributed by atoms with Crippen LogP contribution in [0.15, 0.2) is 18.2 Å². The van der Waals surface area contributed by atoms with Crippen molar-refractivity contribution in [3.63, 3.8) is 0 Å². The Balaban J connectivity index is 2.71. The van der Waals surface area contributed by atoms with Gasteiger partial charge in [0.15, 0.2) is 5.06 Å². The monoisotopic (exact) mass is 295 g/mol. The summed E-state index contributed by atoms with van der Waals surface area (Å²) >= 11 is 17.5. The second-order valence-electron chi connectivity index (χ2n) is 3.78. The first-order chi connectivity index (χ1) is 7.78. The topological polar surface area (TPSA) is 49.3 Å². The van der Waals surface area contributed by atoms with E-state index < -0.39 is 5.06 Å². The molecule has 2 N–H and O–H groups in total. The number of rotatable bonds is 4. The summed E-state index contributed by atoms with van der Waals surface area (Å²) in [5.41, 5.74) is 0.699. The lowest BCUT2D eigenvalue weighted by atomic mass is 10.1. The summed E-state index contributed by atoms with van der Waals surface area (Å²) in [5, 5.41) is 11.7. The molecule has 0 aliphatic heterocycles. The molecule has 0 aromatic heterocycles. The van der Waals surface area contributed by atoms with E-state index in [4.69, 9.17) is 34.8 Å². The van der Waals surface area contributed by atoms with Gasteiger partial charge in [0.25, 0.3) is 0 Å². The number of alkyl halides is 1. The van der Waals surface area contributed by atoms with E-state index in [1.54, 1.807) is 18.2 Å². The van der Waals surface area contributed by atoms with Crippen molar-refractivity contribution in [2.45, 2.75) is 18.4 Å². The molecule has 0 spiro atoms.